The van der Waals surface area contributed by atoms with Crippen molar-refractivity contribution in [1.82, 2.24) is 10.6 Å². The molecule has 3 rings (SSSR count). The molecule has 0 saturated carbocycles. The summed E-state index contributed by atoms with van der Waals surface area (Å²) in [5.74, 6) is 0.220. The first kappa shape index (κ1) is 28.0. The van der Waals surface area contributed by atoms with E-state index in [-0.39, 0.29) is 22.6 Å². The molecule has 0 saturated heterocycles. The Kier molecular flexibility index (Phi) is 8.80. The summed E-state index contributed by atoms with van der Waals surface area (Å²) in [5, 5.41) is 5.99. The molecule has 0 bridgehead atoms. The predicted molar refractivity (Wildman–Crippen MR) is 150 cm³/mol. The van der Waals surface area contributed by atoms with Crippen LogP contribution in [-0.4, -0.2) is 18.4 Å². The smallest absolute Gasteiger partial charge is 0.253 e. The highest BCUT2D eigenvalue weighted by Crippen LogP contribution is 2.24. The van der Waals surface area contributed by atoms with Gasteiger partial charge in [0, 0.05) is 11.1 Å². The van der Waals surface area contributed by atoms with E-state index in [4.69, 9.17) is 4.74 Å². The van der Waals surface area contributed by atoms with Crippen LogP contribution in [-0.2, 0) is 10.8 Å². The lowest BCUT2D eigenvalue weighted by Gasteiger charge is -2.23. The number of ether oxygens (including phenoxy) is 1. The van der Waals surface area contributed by atoms with Gasteiger partial charge in [-0.1, -0.05) is 84.9 Å². The minimum Gasteiger partial charge on any atom is -0.494 e. The maximum Gasteiger partial charge on any atom is 0.253 e. The molecule has 2 amide bonds. The zero-order valence-corrected chi connectivity index (χ0v) is 23.1. The van der Waals surface area contributed by atoms with Crippen molar-refractivity contribution in [3.63, 3.8) is 0 Å². The molecular weight excluding hydrogens is 460 g/mol. The summed E-state index contributed by atoms with van der Waals surface area (Å²) >= 11 is 0. The highest BCUT2D eigenvalue weighted by molar-refractivity contribution is 5.97. The van der Waals surface area contributed by atoms with Gasteiger partial charge in [0.1, 0.15) is 11.9 Å². The fraction of sp³-hybridized carbons (Fsp3) is 0.375. The van der Waals surface area contributed by atoms with Crippen LogP contribution in [0.2, 0.25) is 0 Å². The Morgan fingerprint density at radius 2 is 1.08 bits per heavy atom. The van der Waals surface area contributed by atoms with E-state index in [9.17, 15) is 9.59 Å². The third-order valence-electron chi connectivity index (χ3n) is 6.26. The third kappa shape index (κ3) is 7.69. The van der Waals surface area contributed by atoms with Gasteiger partial charge in [-0.25, -0.2) is 0 Å². The second kappa shape index (κ2) is 11.6. The Morgan fingerprint density at radius 3 is 1.43 bits per heavy atom. The first-order valence-corrected chi connectivity index (χ1v) is 12.9. The minimum atomic E-state index is -0.718. The molecule has 37 heavy (non-hydrogen) atoms. The fourth-order valence-corrected chi connectivity index (χ4v) is 3.85. The molecule has 0 atom stereocenters. The van der Waals surface area contributed by atoms with Gasteiger partial charge in [-0.3, -0.25) is 9.59 Å². The summed E-state index contributed by atoms with van der Waals surface area (Å²) < 4.78 is 5.69. The lowest BCUT2D eigenvalue weighted by molar-refractivity contribution is 0.0883. The second-order valence-electron chi connectivity index (χ2n) is 11.5. The lowest BCUT2D eigenvalue weighted by Crippen LogP contribution is -2.41. The zero-order chi connectivity index (χ0) is 27.2. The van der Waals surface area contributed by atoms with Crippen molar-refractivity contribution in [3.8, 4) is 5.75 Å². The number of carbonyl (C=O) groups is 2. The van der Waals surface area contributed by atoms with E-state index in [0.717, 1.165) is 28.9 Å². The van der Waals surface area contributed by atoms with Crippen molar-refractivity contribution >= 4 is 11.8 Å². The average Bonchev–Trinajstić information content (AvgIpc) is 2.86. The molecule has 0 aliphatic heterocycles. The van der Waals surface area contributed by atoms with Crippen LogP contribution in [0.4, 0.5) is 0 Å². The van der Waals surface area contributed by atoms with E-state index < -0.39 is 6.17 Å². The van der Waals surface area contributed by atoms with E-state index in [0.29, 0.717) is 17.7 Å². The Morgan fingerprint density at radius 1 is 0.676 bits per heavy atom. The molecule has 2 N–H and O–H groups in total. The first-order valence-electron chi connectivity index (χ1n) is 12.9. The summed E-state index contributed by atoms with van der Waals surface area (Å²) in [5.41, 5.74) is 4.11. The fourth-order valence-electron chi connectivity index (χ4n) is 3.85. The number of rotatable bonds is 8. The van der Waals surface area contributed by atoms with Crippen LogP contribution in [0.25, 0.3) is 0 Å². The van der Waals surface area contributed by atoms with Crippen LogP contribution in [0, 0.1) is 0 Å². The Balaban J connectivity index is 1.83. The van der Waals surface area contributed by atoms with Crippen molar-refractivity contribution in [2.45, 2.75) is 71.9 Å². The molecule has 5 heteroatoms. The quantitative estimate of drug-likeness (QED) is 0.330. The van der Waals surface area contributed by atoms with Gasteiger partial charge in [-0.2, -0.15) is 0 Å². The van der Waals surface area contributed by atoms with Gasteiger partial charge in [-0.05, 0) is 70.3 Å². The number of benzene rings is 3. The minimum absolute atomic E-state index is 0.00432. The maximum atomic E-state index is 13.2. The maximum absolute atomic E-state index is 13.2. The van der Waals surface area contributed by atoms with Gasteiger partial charge >= 0.3 is 0 Å². The highest BCUT2D eigenvalue weighted by Gasteiger charge is 2.21. The number of nitrogens with one attached hydrogen (secondary N) is 2. The molecule has 0 spiro atoms. The van der Waals surface area contributed by atoms with Gasteiger partial charge in [0.25, 0.3) is 11.8 Å². The van der Waals surface area contributed by atoms with E-state index in [1.165, 1.54) is 0 Å². The molecule has 3 aromatic rings. The van der Waals surface area contributed by atoms with Crippen molar-refractivity contribution in [2.24, 2.45) is 0 Å². The monoisotopic (exact) mass is 500 g/mol. The molecule has 0 heterocycles. The van der Waals surface area contributed by atoms with Gasteiger partial charge < -0.3 is 15.4 Å². The van der Waals surface area contributed by atoms with Crippen LogP contribution in [0.3, 0.4) is 0 Å². The van der Waals surface area contributed by atoms with E-state index in [1.807, 2.05) is 72.8 Å². The highest BCUT2D eigenvalue weighted by atomic mass is 16.5. The van der Waals surface area contributed by atoms with Crippen molar-refractivity contribution in [2.75, 3.05) is 6.61 Å². The largest absolute Gasteiger partial charge is 0.494 e. The number of carbonyl (C=O) groups excluding carboxylic acids is 2. The lowest BCUT2D eigenvalue weighted by atomic mass is 9.86. The molecule has 0 aliphatic rings. The molecular formula is C32H40N2O3. The molecule has 0 aromatic heterocycles. The SMILES string of the molecule is CCCOc1ccc(C(NC(=O)c2ccc(C(C)(C)C)cc2)NC(=O)c2ccc(C(C)(C)C)cc2)cc1. The number of hydrogen-bond donors (Lipinski definition) is 2. The third-order valence-corrected chi connectivity index (χ3v) is 6.26. The molecule has 0 aliphatic carbocycles. The van der Waals surface area contributed by atoms with Crippen molar-refractivity contribution < 1.29 is 14.3 Å². The van der Waals surface area contributed by atoms with Crippen molar-refractivity contribution in [3.05, 3.63) is 101 Å². The zero-order valence-electron chi connectivity index (χ0n) is 23.1. The first-order chi connectivity index (χ1) is 17.4. The normalized spacial score (nSPS) is 11.8. The van der Waals surface area contributed by atoms with E-state index in [1.54, 1.807) is 0 Å². The molecule has 0 radical (unpaired) electrons. The van der Waals surface area contributed by atoms with Crippen LogP contribution in [0.15, 0.2) is 72.8 Å². The van der Waals surface area contributed by atoms with E-state index >= 15 is 0 Å². The Hall–Kier alpha value is -3.60. The van der Waals surface area contributed by atoms with Gasteiger partial charge in [0.2, 0.25) is 0 Å². The average molecular weight is 501 g/mol. The van der Waals surface area contributed by atoms with Crippen LogP contribution in [0.1, 0.15) is 98.5 Å². The number of amides is 2. The summed E-state index contributed by atoms with van der Waals surface area (Å²) in [7, 11) is 0. The Labute approximate surface area is 221 Å². The summed E-state index contributed by atoms with van der Waals surface area (Å²) in [6.07, 6.45) is 0.197. The Bertz CT molecular complexity index is 1110. The van der Waals surface area contributed by atoms with Crippen LogP contribution >= 0.6 is 0 Å². The van der Waals surface area contributed by atoms with E-state index in [2.05, 4.69) is 59.1 Å². The molecule has 196 valence electrons. The topological polar surface area (TPSA) is 67.4 Å². The molecule has 5 nitrogen and oxygen atoms in total. The molecule has 3 aromatic carbocycles. The van der Waals surface area contributed by atoms with Crippen molar-refractivity contribution in [1.29, 1.82) is 0 Å². The summed E-state index contributed by atoms with van der Waals surface area (Å²) in [6.45, 7) is 15.5. The summed E-state index contributed by atoms with van der Waals surface area (Å²) in [4.78, 5) is 26.4. The number of hydrogen-bond acceptors (Lipinski definition) is 3. The van der Waals surface area contributed by atoms with Gasteiger partial charge in [-0.15, -0.1) is 0 Å². The van der Waals surface area contributed by atoms with Gasteiger partial charge in [0.15, 0.2) is 0 Å². The summed E-state index contributed by atoms with van der Waals surface area (Å²) in [6, 6.07) is 22.6. The second-order valence-corrected chi connectivity index (χ2v) is 11.5. The van der Waals surface area contributed by atoms with Gasteiger partial charge in [0.05, 0.1) is 6.61 Å². The molecule has 0 unspecified atom stereocenters. The van der Waals surface area contributed by atoms with Crippen LogP contribution < -0.4 is 15.4 Å². The molecule has 0 fully saturated rings. The predicted octanol–water partition coefficient (Wildman–Crippen LogP) is 6.93. The van der Waals surface area contributed by atoms with Crippen LogP contribution in [0.5, 0.6) is 5.75 Å². The standard InChI is InChI=1S/C32H40N2O3/c1-8-21-37-27-19-13-22(14-20-27)28(33-29(35)23-9-15-25(16-10-23)31(2,3)4)34-30(36)24-11-17-26(18-12-24)32(5,6)7/h9-20,28H,8,21H2,1-7H3,(H,33,35)(H,34,36).